The molecule has 0 saturated carbocycles. The minimum absolute atomic E-state index is 0.658. The number of nitrogens with one attached hydrogen (secondary N) is 1. The van der Waals surface area contributed by atoms with Gasteiger partial charge in [0.15, 0.2) is 0 Å². The molecule has 1 nitrogen and oxygen atoms in total. The van der Waals surface area contributed by atoms with Crippen LogP contribution in [0.4, 0.5) is 0 Å². The molecule has 0 heterocycles. The lowest BCUT2D eigenvalue weighted by Gasteiger charge is -2.37. The van der Waals surface area contributed by atoms with Crippen LogP contribution in [0, 0.1) is 17.2 Å². The smallest absolute Gasteiger partial charge is 0.0317 e. The van der Waals surface area contributed by atoms with Crippen molar-refractivity contribution in [2.24, 2.45) is 11.8 Å². The van der Waals surface area contributed by atoms with Crippen LogP contribution >= 0.6 is 0 Å². The Bertz CT molecular complexity index is 360. The second-order valence-electron chi connectivity index (χ2n) is 5.28. The number of hydrogen-bond acceptors (Lipinski definition) is 1. The average molecular weight is 217 g/mol. The van der Waals surface area contributed by atoms with Gasteiger partial charge in [-0.05, 0) is 56.4 Å². The van der Waals surface area contributed by atoms with Crippen LogP contribution in [0.15, 0.2) is 22.8 Å². The Morgan fingerprint density at radius 3 is 2.62 bits per heavy atom. The lowest BCUT2D eigenvalue weighted by molar-refractivity contribution is 0.399. The fraction of sp³-hybridized carbons (Fsp3) is 0.667. The first-order valence-electron chi connectivity index (χ1n) is 6.62. The lowest BCUT2D eigenvalue weighted by atomic mass is 9.68. The molecule has 0 aromatic carbocycles. The van der Waals surface area contributed by atoms with Gasteiger partial charge in [0.05, 0.1) is 0 Å². The number of hydrogen-bond donors (Lipinski definition) is 1. The molecule has 88 valence electrons. The average Bonchev–Trinajstić information content (AvgIpc) is 2.26. The number of rotatable bonds is 3. The zero-order chi connectivity index (χ0) is 11.7. The summed E-state index contributed by atoms with van der Waals surface area (Å²) in [6.45, 7) is 6.47. The highest BCUT2D eigenvalue weighted by atomic mass is 14.5. The van der Waals surface area contributed by atoms with E-state index in [4.69, 9.17) is 5.41 Å². The minimum Gasteiger partial charge on any atom is -0.305 e. The van der Waals surface area contributed by atoms with Crippen molar-refractivity contribution in [3.8, 4) is 0 Å². The van der Waals surface area contributed by atoms with Crippen LogP contribution in [0.2, 0.25) is 0 Å². The van der Waals surface area contributed by atoms with Gasteiger partial charge in [-0.3, -0.25) is 0 Å². The summed E-state index contributed by atoms with van der Waals surface area (Å²) in [7, 11) is 0. The van der Waals surface area contributed by atoms with Crippen molar-refractivity contribution >= 4 is 5.71 Å². The third-order valence-electron chi connectivity index (χ3n) is 4.15. The Labute approximate surface area is 99.1 Å². The minimum atomic E-state index is 0.658. The zero-order valence-corrected chi connectivity index (χ0v) is 10.8. The van der Waals surface area contributed by atoms with Gasteiger partial charge in [0.25, 0.3) is 0 Å². The molecule has 2 aliphatic carbocycles. The van der Waals surface area contributed by atoms with Crippen molar-refractivity contribution < 1.29 is 0 Å². The van der Waals surface area contributed by atoms with E-state index >= 15 is 0 Å². The molecule has 2 rings (SSSR count). The summed E-state index contributed by atoms with van der Waals surface area (Å²) < 4.78 is 0. The Morgan fingerprint density at radius 2 is 2.06 bits per heavy atom. The molecule has 0 fully saturated rings. The van der Waals surface area contributed by atoms with Crippen LogP contribution in [0.1, 0.15) is 52.9 Å². The lowest BCUT2D eigenvalue weighted by Crippen LogP contribution is -2.26. The molecular formula is C15H23N. The topological polar surface area (TPSA) is 23.9 Å². The third-order valence-corrected chi connectivity index (χ3v) is 4.15. The van der Waals surface area contributed by atoms with Crippen LogP contribution in [-0.4, -0.2) is 5.71 Å². The van der Waals surface area contributed by atoms with Crippen LogP contribution in [0.5, 0.6) is 0 Å². The van der Waals surface area contributed by atoms with E-state index in [1.54, 1.807) is 11.1 Å². The molecule has 0 radical (unpaired) electrons. The summed E-state index contributed by atoms with van der Waals surface area (Å²) in [5, 5.41) is 7.99. The number of allylic oxidation sites excluding steroid dienone is 4. The molecule has 0 saturated heterocycles. The predicted octanol–water partition coefficient (Wildman–Crippen LogP) is 4.50. The van der Waals surface area contributed by atoms with Gasteiger partial charge < -0.3 is 5.41 Å². The first kappa shape index (κ1) is 11.6. The maximum absolute atomic E-state index is 7.99. The van der Waals surface area contributed by atoms with E-state index in [0.717, 1.165) is 18.1 Å². The van der Waals surface area contributed by atoms with E-state index in [1.165, 1.54) is 31.3 Å². The molecule has 0 aromatic heterocycles. The highest BCUT2D eigenvalue weighted by molar-refractivity contribution is 5.97. The van der Waals surface area contributed by atoms with Crippen LogP contribution in [0.3, 0.4) is 0 Å². The Morgan fingerprint density at radius 1 is 1.31 bits per heavy atom. The predicted molar refractivity (Wildman–Crippen MR) is 69.9 cm³/mol. The van der Waals surface area contributed by atoms with Gasteiger partial charge in [-0.2, -0.15) is 0 Å². The second-order valence-corrected chi connectivity index (χ2v) is 5.28. The van der Waals surface area contributed by atoms with Gasteiger partial charge in [-0.15, -0.1) is 0 Å². The molecule has 2 aliphatic rings. The SMILES string of the molecule is CCC1=CC2CC(CC)=C(C(C)=N)C(C1)C2. The molecule has 0 amide bonds. The van der Waals surface area contributed by atoms with Gasteiger partial charge in [0, 0.05) is 5.71 Å². The molecule has 1 N–H and O–H groups in total. The summed E-state index contributed by atoms with van der Waals surface area (Å²) in [4.78, 5) is 0. The molecule has 1 heteroatoms. The van der Waals surface area contributed by atoms with Crippen LogP contribution < -0.4 is 0 Å². The maximum atomic E-state index is 7.99. The summed E-state index contributed by atoms with van der Waals surface area (Å²) in [5.41, 5.74) is 5.39. The van der Waals surface area contributed by atoms with Gasteiger partial charge in [-0.1, -0.05) is 31.1 Å². The second kappa shape index (κ2) is 4.57. The zero-order valence-electron chi connectivity index (χ0n) is 10.8. The van der Waals surface area contributed by atoms with Gasteiger partial charge >= 0.3 is 0 Å². The van der Waals surface area contributed by atoms with Crippen molar-refractivity contribution in [3.63, 3.8) is 0 Å². The van der Waals surface area contributed by atoms with Crippen molar-refractivity contribution in [2.75, 3.05) is 0 Å². The molecule has 2 bridgehead atoms. The standard InChI is InChI=1S/C15H23N/c1-4-11-6-12-8-13(5-2)15(10(3)16)14(7-11)9-12/h6,12,14,16H,4-5,7-9H2,1-3H3. The molecule has 0 aromatic rings. The fourth-order valence-corrected chi connectivity index (χ4v) is 3.48. The normalized spacial score (nSPS) is 29.1. The highest BCUT2D eigenvalue weighted by Gasteiger charge is 2.31. The third kappa shape index (κ3) is 2.00. The van der Waals surface area contributed by atoms with Gasteiger partial charge in [-0.25, -0.2) is 0 Å². The Kier molecular flexibility index (Phi) is 3.32. The van der Waals surface area contributed by atoms with E-state index in [1.807, 2.05) is 6.92 Å². The summed E-state index contributed by atoms with van der Waals surface area (Å²) in [5.74, 6) is 1.43. The van der Waals surface area contributed by atoms with Crippen LogP contribution in [0.25, 0.3) is 0 Å². The van der Waals surface area contributed by atoms with Crippen molar-refractivity contribution in [3.05, 3.63) is 22.8 Å². The largest absolute Gasteiger partial charge is 0.305 e. The quantitative estimate of drug-likeness (QED) is 0.531. The molecule has 2 atom stereocenters. The summed E-state index contributed by atoms with van der Waals surface area (Å²) in [6.07, 6.45) is 8.55. The van der Waals surface area contributed by atoms with E-state index < -0.39 is 0 Å². The molecule has 16 heavy (non-hydrogen) atoms. The highest BCUT2D eigenvalue weighted by Crippen LogP contribution is 2.44. The molecule has 0 spiro atoms. The maximum Gasteiger partial charge on any atom is 0.0317 e. The van der Waals surface area contributed by atoms with Gasteiger partial charge in [0.2, 0.25) is 0 Å². The van der Waals surface area contributed by atoms with E-state index in [0.29, 0.717) is 5.92 Å². The fourth-order valence-electron chi connectivity index (χ4n) is 3.48. The van der Waals surface area contributed by atoms with E-state index in [-0.39, 0.29) is 0 Å². The van der Waals surface area contributed by atoms with Crippen molar-refractivity contribution in [2.45, 2.75) is 52.9 Å². The van der Waals surface area contributed by atoms with Crippen molar-refractivity contribution in [1.82, 2.24) is 0 Å². The van der Waals surface area contributed by atoms with E-state index in [9.17, 15) is 0 Å². The van der Waals surface area contributed by atoms with Crippen LogP contribution in [-0.2, 0) is 0 Å². The monoisotopic (exact) mass is 217 g/mol. The molecule has 2 unspecified atom stereocenters. The Hall–Kier alpha value is -0.850. The first-order chi connectivity index (χ1) is 7.65. The first-order valence-corrected chi connectivity index (χ1v) is 6.62. The molecule has 0 aliphatic heterocycles. The van der Waals surface area contributed by atoms with Gasteiger partial charge in [0.1, 0.15) is 0 Å². The Balaban J connectivity index is 2.32. The summed E-state index contributed by atoms with van der Waals surface area (Å²) in [6, 6.07) is 0. The van der Waals surface area contributed by atoms with Crippen molar-refractivity contribution in [1.29, 1.82) is 5.41 Å². The summed E-state index contributed by atoms with van der Waals surface area (Å²) >= 11 is 0. The molecular weight excluding hydrogens is 194 g/mol. The van der Waals surface area contributed by atoms with E-state index in [2.05, 4.69) is 19.9 Å². The number of fused-ring (bicyclic) bond motifs is 2.